The standard InChI is InChI=1S/C23H48NO3P/c1-6-8-9-10-11-12-13-14-15-16-17-18-19-20-21-22-27-28(25,26)23(7-2)24(3,4)5/h19-20,23H,6-18,21-22H2,1-5H3/p+1/b20-19-. The monoisotopic (exact) mass is 418 g/mol. The lowest BCUT2D eigenvalue weighted by Gasteiger charge is -2.35. The minimum atomic E-state index is -3.57. The predicted octanol–water partition coefficient (Wildman–Crippen LogP) is 7.28. The Bertz CT molecular complexity index is 432. The molecule has 0 aliphatic carbocycles. The van der Waals surface area contributed by atoms with Gasteiger partial charge in [-0.05, 0) is 19.3 Å². The predicted molar refractivity (Wildman–Crippen MR) is 123 cm³/mol. The van der Waals surface area contributed by atoms with E-state index in [4.69, 9.17) is 4.52 Å². The summed E-state index contributed by atoms with van der Waals surface area (Å²) in [6, 6.07) is 0. The molecule has 168 valence electrons. The molecule has 0 spiro atoms. The van der Waals surface area contributed by atoms with Crippen molar-refractivity contribution in [2.45, 2.75) is 110 Å². The van der Waals surface area contributed by atoms with Gasteiger partial charge in [-0.15, -0.1) is 0 Å². The third kappa shape index (κ3) is 14.8. The van der Waals surface area contributed by atoms with Crippen molar-refractivity contribution in [1.82, 2.24) is 0 Å². The smallest absolute Gasteiger partial charge is 0.320 e. The number of hydrogen-bond acceptors (Lipinski definition) is 2. The maximum absolute atomic E-state index is 12.4. The summed E-state index contributed by atoms with van der Waals surface area (Å²) in [6.45, 7) is 4.53. The number of unbranched alkanes of at least 4 members (excludes halogenated alkanes) is 11. The first-order chi connectivity index (χ1) is 13.3. The highest BCUT2D eigenvalue weighted by atomic mass is 31.2. The van der Waals surface area contributed by atoms with Crippen LogP contribution in [-0.4, -0.2) is 42.9 Å². The van der Waals surface area contributed by atoms with Crippen LogP contribution in [0.2, 0.25) is 0 Å². The van der Waals surface area contributed by atoms with E-state index in [9.17, 15) is 9.46 Å². The average Bonchev–Trinajstić information content (AvgIpc) is 2.60. The molecular weight excluding hydrogens is 369 g/mol. The average molecular weight is 419 g/mol. The molecule has 0 rings (SSSR count). The fourth-order valence-electron chi connectivity index (χ4n) is 3.72. The minimum Gasteiger partial charge on any atom is -0.320 e. The quantitative estimate of drug-likeness (QED) is 0.104. The van der Waals surface area contributed by atoms with Crippen LogP contribution < -0.4 is 0 Å². The van der Waals surface area contributed by atoms with Gasteiger partial charge in [-0.3, -0.25) is 4.57 Å². The van der Waals surface area contributed by atoms with E-state index in [1.165, 1.54) is 70.6 Å². The topological polar surface area (TPSA) is 46.5 Å². The highest BCUT2D eigenvalue weighted by Crippen LogP contribution is 2.51. The van der Waals surface area contributed by atoms with Gasteiger partial charge in [-0.2, -0.15) is 0 Å². The van der Waals surface area contributed by atoms with E-state index in [0.717, 1.165) is 6.42 Å². The number of rotatable bonds is 19. The van der Waals surface area contributed by atoms with Crippen molar-refractivity contribution in [3.63, 3.8) is 0 Å². The molecule has 5 heteroatoms. The Morgan fingerprint density at radius 2 is 1.29 bits per heavy atom. The fourth-order valence-corrected chi connectivity index (χ4v) is 5.59. The summed E-state index contributed by atoms with van der Waals surface area (Å²) in [5.74, 6) is -0.368. The molecule has 2 unspecified atom stereocenters. The molecule has 0 bridgehead atoms. The Hall–Kier alpha value is -0.150. The van der Waals surface area contributed by atoms with Crippen LogP contribution in [0.5, 0.6) is 0 Å². The molecule has 0 radical (unpaired) electrons. The van der Waals surface area contributed by atoms with Gasteiger partial charge in [0.1, 0.15) is 0 Å². The summed E-state index contributed by atoms with van der Waals surface area (Å²) >= 11 is 0. The molecule has 0 aromatic carbocycles. The van der Waals surface area contributed by atoms with Crippen LogP contribution in [0.3, 0.4) is 0 Å². The minimum absolute atomic E-state index is 0.318. The Morgan fingerprint density at radius 3 is 1.75 bits per heavy atom. The third-order valence-corrected chi connectivity index (χ3v) is 7.70. The van der Waals surface area contributed by atoms with Crippen molar-refractivity contribution in [2.24, 2.45) is 0 Å². The molecule has 0 aliphatic rings. The van der Waals surface area contributed by atoms with Gasteiger partial charge < -0.3 is 13.9 Å². The first kappa shape index (κ1) is 27.8. The normalized spacial score (nSPS) is 15.8. The van der Waals surface area contributed by atoms with Crippen LogP contribution in [0.25, 0.3) is 0 Å². The Kier molecular flexibility index (Phi) is 16.5. The summed E-state index contributed by atoms with van der Waals surface area (Å²) in [4.78, 5) is 10.2. The summed E-state index contributed by atoms with van der Waals surface area (Å²) in [5, 5.41) is 0. The van der Waals surface area contributed by atoms with Crippen molar-refractivity contribution in [1.29, 1.82) is 0 Å². The lowest BCUT2D eigenvalue weighted by molar-refractivity contribution is -0.883. The summed E-state index contributed by atoms with van der Waals surface area (Å²) in [6.07, 6.45) is 21.8. The van der Waals surface area contributed by atoms with E-state index in [-0.39, 0.29) is 5.78 Å². The third-order valence-electron chi connectivity index (χ3n) is 5.34. The van der Waals surface area contributed by atoms with Gasteiger partial charge in [0, 0.05) is 6.42 Å². The zero-order valence-corrected chi connectivity index (χ0v) is 20.4. The maximum Gasteiger partial charge on any atom is 0.385 e. The number of allylic oxidation sites excluding steroid dienone is 1. The Balaban J connectivity index is 3.60. The molecule has 2 atom stereocenters. The molecule has 28 heavy (non-hydrogen) atoms. The molecular formula is C23H49NO3P+. The van der Waals surface area contributed by atoms with Gasteiger partial charge in [0.15, 0.2) is 5.78 Å². The largest absolute Gasteiger partial charge is 0.385 e. The summed E-state index contributed by atoms with van der Waals surface area (Å²) in [5.41, 5.74) is 0. The highest BCUT2D eigenvalue weighted by molar-refractivity contribution is 7.53. The first-order valence-corrected chi connectivity index (χ1v) is 13.3. The fraction of sp³-hybridized carbons (Fsp3) is 0.913. The molecule has 0 saturated heterocycles. The molecule has 4 nitrogen and oxygen atoms in total. The Labute approximate surface area is 175 Å². The van der Waals surface area contributed by atoms with Crippen molar-refractivity contribution in [3.8, 4) is 0 Å². The van der Waals surface area contributed by atoms with E-state index in [2.05, 4.69) is 19.1 Å². The van der Waals surface area contributed by atoms with Crippen molar-refractivity contribution in [2.75, 3.05) is 27.7 Å². The lowest BCUT2D eigenvalue weighted by Crippen LogP contribution is -2.44. The van der Waals surface area contributed by atoms with Gasteiger partial charge >= 0.3 is 7.60 Å². The molecule has 0 saturated carbocycles. The van der Waals surface area contributed by atoms with Crippen LogP contribution >= 0.6 is 7.60 Å². The van der Waals surface area contributed by atoms with E-state index in [1.807, 2.05) is 28.1 Å². The van der Waals surface area contributed by atoms with E-state index in [0.29, 0.717) is 23.9 Å². The molecule has 0 heterocycles. The van der Waals surface area contributed by atoms with Crippen molar-refractivity contribution >= 4 is 7.60 Å². The van der Waals surface area contributed by atoms with Crippen molar-refractivity contribution < 1.29 is 18.5 Å². The zero-order valence-electron chi connectivity index (χ0n) is 19.5. The molecule has 1 N–H and O–H groups in total. The van der Waals surface area contributed by atoms with Gasteiger partial charge in [0.25, 0.3) is 0 Å². The zero-order chi connectivity index (χ0) is 21.3. The van der Waals surface area contributed by atoms with Gasteiger partial charge in [0.2, 0.25) is 0 Å². The van der Waals surface area contributed by atoms with Crippen LogP contribution in [0, 0.1) is 0 Å². The lowest BCUT2D eigenvalue weighted by atomic mass is 10.1. The number of nitrogens with zero attached hydrogens (tertiary/aromatic N) is 1. The number of quaternary nitrogens is 1. The second-order valence-corrected chi connectivity index (χ2v) is 11.0. The van der Waals surface area contributed by atoms with Crippen LogP contribution in [-0.2, 0) is 9.09 Å². The summed E-state index contributed by atoms with van der Waals surface area (Å²) < 4.78 is 18.2. The van der Waals surface area contributed by atoms with E-state index >= 15 is 0 Å². The first-order valence-electron chi connectivity index (χ1n) is 11.7. The second-order valence-electron chi connectivity index (χ2n) is 8.99. The maximum atomic E-state index is 12.4. The van der Waals surface area contributed by atoms with Crippen LogP contribution in [0.1, 0.15) is 104 Å². The van der Waals surface area contributed by atoms with Crippen LogP contribution in [0.15, 0.2) is 12.2 Å². The molecule has 0 aromatic heterocycles. The van der Waals surface area contributed by atoms with E-state index in [1.54, 1.807) is 0 Å². The molecule has 0 aromatic rings. The molecule has 0 fully saturated rings. The van der Waals surface area contributed by atoms with Crippen molar-refractivity contribution in [3.05, 3.63) is 12.2 Å². The SMILES string of the molecule is CCCCCCCCCCCCC/C=C\CCOP(=O)(O)C(CC)[N+](C)(C)C. The molecule has 0 amide bonds. The van der Waals surface area contributed by atoms with Crippen LogP contribution in [0.4, 0.5) is 0 Å². The van der Waals surface area contributed by atoms with Gasteiger partial charge in [-0.1, -0.05) is 90.2 Å². The summed E-state index contributed by atoms with van der Waals surface area (Å²) in [7, 11) is 2.24. The van der Waals surface area contributed by atoms with Gasteiger partial charge in [-0.25, -0.2) is 0 Å². The number of hydrogen-bond donors (Lipinski definition) is 1. The second kappa shape index (κ2) is 16.6. The van der Waals surface area contributed by atoms with Gasteiger partial charge in [0.05, 0.1) is 27.7 Å². The van der Waals surface area contributed by atoms with E-state index < -0.39 is 7.60 Å². The molecule has 0 aliphatic heterocycles. The highest BCUT2D eigenvalue weighted by Gasteiger charge is 2.41. The Morgan fingerprint density at radius 1 is 0.821 bits per heavy atom.